The molecule has 0 saturated heterocycles. The minimum atomic E-state index is -0.304. The van der Waals surface area contributed by atoms with Gasteiger partial charge < -0.3 is 10.3 Å². The predicted molar refractivity (Wildman–Crippen MR) is 91.2 cm³/mol. The van der Waals surface area contributed by atoms with E-state index in [0.717, 1.165) is 16.9 Å². The maximum atomic E-state index is 12.2. The summed E-state index contributed by atoms with van der Waals surface area (Å²) in [5.74, 6) is 1.80. The Labute approximate surface area is 143 Å². The zero-order chi connectivity index (χ0) is 17.2. The van der Waals surface area contributed by atoms with Gasteiger partial charge in [0.2, 0.25) is 0 Å². The van der Waals surface area contributed by atoms with Crippen molar-refractivity contribution >= 4 is 16.9 Å². The summed E-state index contributed by atoms with van der Waals surface area (Å²) >= 11 is 0. The average Bonchev–Trinajstić information content (AvgIpc) is 3.25. The maximum absolute atomic E-state index is 12.2. The lowest BCUT2D eigenvalue weighted by molar-refractivity contribution is 0.0944. The molecule has 0 bridgehead atoms. The highest BCUT2D eigenvalue weighted by molar-refractivity contribution is 5.92. The van der Waals surface area contributed by atoms with E-state index in [1.165, 1.54) is 0 Å². The first-order valence-electron chi connectivity index (χ1n) is 7.76. The molecule has 0 unspecified atom stereocenters. The van der Waals surface area contributed by atoms with Gasteiger partial charge in [-0.3, -0.25) is 9.36 Å². The van der Waals surface area contributed by atoms with E-state index >= 15 is 0 Å². The first kappa shape index (κ1) is 15.0. The summed E-state index contributed by atoms with van der Waals surface area (Å²) < 4.78 is 1.79. The van der Waals surface area contributed by atoms with Crippen LogP contribution in [0.2, 0.25) is 0 Å². The number of hydrogen-bond donors (Lipinski definition) is 2. The van der Waals surface area contributed by atoms with Gasteiger partial charge in [-0.15, -0.1) is 10.2 Å². The van der Waals surface area contributed by atoms with Gasteiger partial charge in [0.1, 0.15) is 11.6 Å². The molecule has 0 aliphatic heterocycles. The number of amides is 1. The van der Waals surface area contributed by atoms with Crippen LogP contribution in [-0.2, 0) is 6.54 Å². The molecule has 0 spiro atoms. The van der Waals surface area contributed by atoms with Gasteiger partial charge in [0.05, 0.1) is 17.6 Å². The number of aromatic nitrogens is 6. The Balaban J connectivity index is 1.45. The fourth-order valence-electron chi connectivity index (χ4n) is 2.54. The largest absolute Gasteiger partial charge is 0.343 e. The topological polar surface area (TPSA) is 101 Å². The number of aryl methyl sites for hydroxylation is 1. The molecule has 2 N–H and O–H groups in total. The van der Waals surface area contributed by atoms with Gasteiger partial charge in [0.15, 0.2) is 11.5 Å². The van der Waals surface area contributed by atoms with Crippen LogP contribution in [0.15, 0.2) is 48.8 Å². The lowest BCUT2D eigenvalue weighted by atomic mass is 10.3. The van der Waals surface area contributed by atoms with Crippen molar-refractivity contribution in [1.29, 1.82) is 0 Å². The molecule has 1 amide bonds. The summed E-state index contributed by atoms with van der Waals surface area (Å²) in [7, 11) is 0. The lowest BCUT2D eigenvalue weighted by Gasteiger charge is -2.05. The Morgan fingerprint density at radius 3 is 2.80 bits per heavy atom. The number of nitrogens with one attached hydrogen (secondary N) is 2. The van der Waals surface area contributed by atoms with Gasteiger partial charge in [0.25, 0.3) is 5.91 Å². The van der Waals surface area contributed by atoms with E-state index in [2.05, 4.69) is 30.5 Å². The van der Waals surface area contributed by atoms with E-state index in [0.29, 0.717) is 11.6 Å². The highest BCUT2D eigenvalue weighted by Gasteiger charge is 2.10. The first-order chi connectivity index (χ1) is 12.2. The molecule has 0 fully saturated rings. The number of carbonyl (C=O) groups excluding carboxylic acids is 1. The van der Waals surface area contributed by atoms with E-state index in [9.17, 15) is 4.79 Å². The number of para-hydroxylation sites is 2. The van der Waals surface area contributed by atoms with Gasteiger partial charge in [-0.25, -0.2) is 9.97 Å². The molecule has 1 aromatic carbocycles. The van der Waals surface area contributed by atoms with Crippen LogP contribution in [0.3, 0.4) is 0 Å². The maximum Gasteiger partial charge on any atom is 0.272 e. The van der Waals surface area contributed by atoms with Crippen molar-refractivity contribution in [1.82, 2.24) is 35.0 Å². The fourth-order valence-corrected chi connectivity index (χ4v) is 2.54. The summed E-state index contributed by atoms with van der Waals surface area (Å²) in [6.45, 7) is 2.16. The molecule has 8 heteroatoms. The third kappa shape index (κ3) is 2.97. The molecule has 0 radical (unpaired) electrons. The van der Waals surface area contributed by atoms with Gasteiger partial charge in [-0.2, -0.15) is 0 Å². The standard InChI is InChI=1S/C17H15N7O/c1-11-18-8-9-24(11)16-7-6-14(22-23-16)17(25)19-10-15-20-12-4-2-3-5-13(12)21-15/h2-9H,10H2,1H3,(H,19,25)(H,20,21). The molecule has 3 aromatic heterocycles. The molecule has 3 heterocycles. The second-order valence-corrected chi connectivity index (χ2v) is 5.50. The summed E-state index contributed by atoms with van der Waals surface area (Å²) in [5, 5.41) is 10.9. The second kappa shape index (κ2) is 6.16. The van der Waals surface area contributed by atoms with Crippen LogP contribution in [-0.4, -0.2) is 35.6 Å². The van der Waals surface area contributed by atoms with Crippen molar-refractivity contribution in [2.75, 3.05) is 0 Å². The Hall–Kier alpha value is -3.55. The number of benzene rings is 1. The minimum Gasteiger partial charge on any atom is -0.343 e. The van der Waals surface area contributed by atoms with Crippen molar-refractivity contribution in [3.05, 3.63) is 66.1 Å². The SMILES string of the molecule is Cc1nccn1-c1ccc(C(=O)NCc2nc3ccccc3[nH]2)nn1. The molecule has 0 atom stereocenters. The highest BCUT2D eigenvalue weighted by Crippen LogP contribution is 2.10. The van der Waals surface area contributed by atoms with E-state index in [4.69, 9.17) is 0 Å². The number of imidazole rings is 2. The number of aromatic amines is 1. The summed E-state index contributed by atoms with van der Waals surface area (Å²) in [4.78, 5) is 23.9. The molecule has 4 rings (SSSR count). The van der Waals surface area contributed by atoms with Crippen molar-refractivity contribution in [2.24, 2.45) is 0 Å². The van der Waals surface area contributed by atoms with E-state index in [1.54, 1.807) is 29.1 Å². The lowest BCUT2D eigenvalue weighted by Crippen LogP contribution is -2.24. The van der Waals surface area contributed by atoms with Crippen LogP contribution in [0.5, 0.6) is 0 Å². The zero-order valence-electron chi connectivity index (χ0n) is 13.5. The van der Waals surface area contributed by atoms with Gasteiger partial charge >= 0.3 is 0 Å². The number of carbonyl (C=O) groups is 1. The summed E-state index contributed by atoms with van der Waals surface area (Å²) in [5.41, 5.74) is 2.05. The van der Waals surface area contributed by atoms with Crippen LogP contribution in [0, 0.1) is 6.92 Å². The Morgan fingerprint density at radius 1 is 1.20 bits per heavy atom. The number of hydrogen-bond acceptors (Lipinski definition) is 5. The smallest absolute Gasteiger partial charge is 0.272 e. The molecule has 124 valence electrons. The highest BCUT2D eigenvalue weighted by atomic mass is 16.1. The fraction of sp³-hybridized carbons (Fsp3) is 0.118. The molecule has 0 aliphatic carbocycles. The number of nitrogens with zero attached hydrogens (tertiary/aromatic N) is 5. The van der Waals surface area contributed by atoms with Crippen LogP contribution in [0.25, 0.3) is 16.9 Å². The van der Waals surface area contributed by atoms with Crippen LogP contribution in [0.1, 0.15) is 22.1 Å². The molecular weight excluding hydrogens is 318 g/mol. The van der Waals surface area contributed by atoms with Gasteiger partial charge in [-0.1, -0.05) is 12.1 Å². The van der Waals surface area contributed by atoms with Crippen LogP contribution >= 0.6 is 0 Å². The number of H-pyrrole nitrogens is 1. The van der Waals surface area contributed by atoms with Crippen LogP contribution in [0.4, 0.5) is 0 Å². The molecule has 25 heavy (non-hydrogen) atoms. The molecule has 0 aliphatic rings. The summed E-state index contributed by atoms with van der Waals surface area (Å²) in [6, 6.07) is 11.1. The van der Waals surface area contributed by atoms with Crippen molar-refractivity contribution < 1.29 is 4.79 Å². The van der Waals surface area contributed by atoms with Crippen molar-refractivity contribution in [3.8, 4) is 5.82 Å². The molecule has 4 aromatic rings. The van der Waals surface area contributed by atoms with E-state index in [1.807, 2.05) is 31.2 Å². The van der Waals surface area contributed by atoms with E-state index in [-0.39, 0.29) is 18.1 Å². The van der Waals surface area contributed by atoms with Crippen molar-refractivity contribution in [2.45, 2.75) is 13.5 Å². The third-order valence-electron chi connectivity index (χ3n) is 3.81. The monoisotopic (exact) mass is 333 g/mol. The zero-order valence-corrected chi connectivity index (χ0v) is 13.5. The number of rotatable bonds is 4. The number of fused-ring (bicyclic) bond motifs is 1. The normalized spacial score (nSPS) is 10.9. The van der Waals surface area contributed by atoms with E-state index < -0.39 is 0 Å². The summed E-state index contributed by atoms with van der Waals surface area (Å²) in [6.07, 6.45) is 3.48. The quantitative estimate of drug-likeness (QED) is 0.593. The molecule has 0 saturated carbocycles. The second-order valence-electron chi connectivity index (χ2n) is 5.50. The average molecular weight is 333 g/mol. The third-order valence-corrected chi connectivity index (χ3v) is 3.81. The van der Waals surface area contributed by atoms with Crippen molar-refractivity contribution in [3.63, 3.8) is 0 Å². The Bertz CT molecular complexity index is 1000. The predicted octanol–water partition coefficient (Wildman–Crippen LogP) is 1.78. The molecule has 8 nitrogen and oxygen atoms in total. The minimum absolute atomic E-state index is 0.248. The Kier molecular flexibility index (Phi) is 3.70. The van der Waals surface area contributed by atoms with Crippen LogP contribution < -0.4 is 5.32 Å². The Morgan fingerprint density at radius 2 is 2.08 bits per heavy atom. The van der Waals surface area contributed by atoms with Gasteiger partial charge in [0, 0.05) is 12.4 Å². The molecular formula is C17H15N7O. The van der Waals surface area contributed by atoms with Gasteiger partial charge in [-0.05, 0) is 31.2 Å². The first-order valence-corrected chi connectivity index (χ1v) is 7.76.